The molecule has 3 unspecified atom stereocenters. The minimum absolute atomic E-state index is 0.0677. The van der Waals surface area contributed by atoms with Gasteiger partial charge in [-0.2, -0.15) is 0 Å². The molecule has 0 radical (unpaired) electrons. The molecule has 4 aliphatic heterocycles. The SMILES string of the molecule is CCC(CCc1cccc(C(=O)NC(C(=O)N2CCC3(CC2)C(=O)N(C)CN3c2ccccc2)C2CCOCC2)c1)COC(=O)C(NC(=O)c1cccc(C)c1)C1CCOCC1. The minimum Gasteiger partial charge on any atom is -0.464 e. The summed E-state index contributed by atoms with van der Waals surface area (Å²) in [4.78, 5) is 74.7. The maximum absolute atomic E-state index is 14.4. The fraction of sp³-hybridized carbons (Fsp3) is 0.531. The Labute approximate surface area is 365 Å². The van der Waals surface area contributed by atoms with Gasteiger partial charge in [-0.1, -0.05) is 61.4 Å². The Morgan fingerprint density at radius 2 is 1.39 bits per heavy atom. The third kappa shape index (κ3) is 10.5. The van der Waals surface area contributed by atoms with Gasteiger partial charge in [0.2, 0.25) is 11.8 Å². The van der Waals surface area contributed by atoms with E-state index in [2.05, 4.69) is 22.5 Å². The molecular formula is C49H63N5O8. The first-order valence-corrected chi connectivity index (χ1v) is 22.5. The van der Waals surface area contributed by atoms with Gasteiger partial charge in [-0.15, -0.1) is 0 Å². The number of likely N-dealkylation sites (tertiary alicyclic amines) is 1. The third-order valence-electron chi connectivity index (χ3n) is 13.5. The number of carbonyl (C=O) groups is 5. The molecule has 4 aliphatic rings. The van der Waals surface area contributed by atoms with Crippen molar-refractivity contribution in [2.75, 3.05) is 64.7 Å². The maximum atomic E-state index is 14.4. The van der Waals surface area contributed by atoms with E-state index in [1.165, 1.54) is 0 Å². The van der Waals surface area contributed by atoms with Gasteiger partial charge in [0, 0.05) is 63.4 Å². The molecule has 3 aromatic carbocycles. The predicted octanol–water partition coefficient (Wildman–Crippen LogP) is 5.54. The highest BCUT2D eigenvalue weighted by molar-refractivity contribution is 5.99. The van der Waals surface area contributed by atoms with Crippen LogP contribution in [-0.4, -0.2) is 117 Å². The summed E-state index contributed by atoms with van der Waals surface area (Å²) in [6, 6.07) is 23.3. The fourth-order valence-electron chi connectivity index (χ4n) is 9.61. The average Bonchev–Trinajstić information content (AvgIpc) is 3.55. The zero-order chi connectivity index (χ0) is 43.6. The van der Waals surface area contributed by atoms with Gasteiger partial charge in [0.25, 0.3) is 11.8 Å². The van der Waals surface area contributed by atoms with Crippen LogP contribution in [0.3, 0.4) is 0 Å². The number of hydrogen-bond donors (Lipinski definition) is 2. The van der Waals surface area contributed by atoms with Gasteiger partial charge in [-0.3, -0.25) is 19.2 Å². The van der Waals surface area contributed by atoms with E-state index in [4.69, 9.17) is 14.2 Å². The molecule has 4 fully saturated rings. The molecule has 13 nitrogen and oxygen atoms in total. The Morgan fingerprint density at radius 3 is 2.02 bits per heavy atom. The van der Waals surface area contributed by atoms with Crippen LogP contribution in [0.25, 0.3) is 0 Å². The summed E-state index contributed by atoms with van der Waals surface area (Å²) in [6.45, 7) is 7.66. The monoisotopic (exact) mass is 849 g/mol. The van der Waals surface area contributed by atoms with Crippen molar-refractivity contribution in [1.82, 2.24) is 20.4 Å². The van der Waals surface area contributed by atoms with E-state index in [1.807, 2.05) is 79.5 Å². The number of rotatable bonds is 15. The highest BCUT2D eigenvalue weighted by atomic mass is 16.5. The number of nitrogens with zero attached hydrogens (tertiary/aromatic N) is 3. The largest absolute Gasteiger partial charge is 0.464 e. The Hall–Kier alpha value is -5.27. The average molecular weight is 850 g/mol. The van der Waals surface area contributed by atoms with Gasteiger partial charge in [-0.05, 0) is 118 Å². The number of carbonyl (C=O) groups excluding carboxylic acids is 5. The molecule has 0 aromatic heterocycles. The second-order valence-electron chi connectivity index (χ2n) is 17.6. The highest BCUT2D eigenvalue weighted by Crippen LogP contribution is 2.39. The summed E-state index contributed by atoms with van der Waals surface area (Å²) in [5.74, 6) is -1.16. The Kier molecular flexibility index (Phi) is 15.0. The highest BCUT2D eigenvalue weighted by Gasteiger charge is 2.53. The number of hydrogen-bond acceptors (Lipinski definition) is 9. The first-order chi connectivity index (χ1) is 30.1. The molecule has 332 valence electrons. The van der Waals surface area contributed by atoms with E-state index in [9.17, 15) is 24.0 Å². The lowest BCUT2D eigenvalue weighted by molar-refractivity contribution is -0.150. The first kappa shape index (κ1) is 44.8. The first-order valence-electron chi connectivity index (χ1n) is 22.5. The molecule has 0 bridgehead atoms. The van der Waals surface area contributed by atoms with Crippen LogP contribution in [0.2, 0.25) is 0 Å². The number of ether oxygens (including phenoxy) is 3. The Bertz CT molecular complexity index is 2020. The van der Waals surface area contributed by atoms with Crippen molar-refractivity contribution < 1.29 is 38.2 Å². The molecule has 4 heterocycles. The fourth-order valence-corrected chi connectivity index (χ4v) is 9.61. The van der Waals surface area contributed by atoms with Crippen LogP contribution in [0.5, 0.6) is 0 Å². The van der Waals surface area contributed by atoms with Gasteiger partial charge in [0.15, 0.2) is 0 Å². The van der Waals surface area contributed by atoms with E-state index in [0.717, 1.165) is 29.7 Å². The molecular weight excluding hydrogens is 787 g/mol. The second kappa shape index (κ2) is 20.7. The zero-order valence-corrected chi connectivity index (χ0v) is 36.5. The van der Waals surface area contributed by atoms with Crippen molar-refractivity contribution in [3.8, 4) is 0 Å². The van der Waals surface area contributed by atoms with Crippen molar-refractivity contribution in [2.24, 2.45) is 17.8 Å². The summed E-state index contributed by atoms with van der Waals surface area (Å²) in [7, 11) is 1.83. The van der Waals surface area contributed by atoms with Crippen LogP contribution in [0.15, 0.2) is 78.9 Å². The molecule has 0 saturated carbocycles. The van der Waals surface area contributed by atoms with E-state index in [0.29, 0.717) is 102 Å². The van der Waals surface area contributed by atoms with Gasteiger partial charge in [0.1, 0.15) is 17.6 Å². The summed E-state index contributed by atoms with van der Waals surface area (Å²) in [6.07, 6.45) is 5.83. The quantitative estimate of drug-likeness (QED) is 0.188. The standard InChI is InChI=1S/C49H63N5O8/c1-4-35(32-62-47(58)43(38-20-28-61-29-21-38)51-44(55)39-12-8-10-34(2)30-39)16-17-36-11-9-13-40(31-36)45(56)50-42(37-18-26-60-27-19-37)46(57)53-24-22-49(23-25-53)48(59)52(3)33-54(49)41-14-6-5-7-15-41/h5-15,30-31,35,37-38,42-43H,4,16-29,32-33H2,1-3H3,(H,50,56)(H,51,55). The van der Waals surface area contributed by atoms with Crippen LogP contribution in [-0.2, 0) is 35.0 Å². The van der Waals surface area contributed by atoms with E-state index < -0.39 is 23.6 Å². The van der Waals surface area contributed by atoms with Crippen LogP contribution in [0, 0.1) is 24.7 Å². The van der Waals surface area contributed by atoms with Gasteiger partial charge >= 0.3 is 5.97 Å². The lowest BCUT2D eigenvalue weighted by Crippen LogP contribution is -2.60. The van der Waals surface area contributed by atoms with Crippen LogP contribution < -0.4 is 15.5 Å². The normalized spacial score (nSPS) is 19.8. The van der Waals surface area contributed by atoms with Crippen molar-refractivity contribution in [2.45, 2.75) is 89.3 Å². The number of amides is 4. The van der Waals surface area contributed by atoms with Crippen LogP contribution in [0.1, 0.15) is 90.1 Å². The summed E-state index contributed by atoms with van der Waals surface area (Å²) < 4.78 is 17.1. The molecule has 4 saturated heterocycles. The summed E-state index contributed by atoms with van der Waals surface area (Å²) >= 11 is 0. The number of para-hydroxylation sites is 1. The Balaban J connectivity index is 0.958. The predicted molar refractivity (Wildman–Crippen MR) is 235 cm³/mol. The number of anilines is 1. The molecule has 4 amide bonds. The number of aryl methyl sites for hydroxylation is 2. The lowest BCUT2D eigenvalue weighted by atomic mass is 9.84. The van der Waals surface area contributed by atoms with E-state index in [-0.39, 0.29) is 48.0 Å². The molecule has 0 aliphatic carbocycles. The number of benzene rings is 3. The second-order valence-corrected chi connectivity index (χ2v) is 17.6. The van der Waals surface area contributed by atoms with Crippen LogP contribution in [0.4, 0.5) is 5.69 Å². The summed E-state index contributed by atoms with van der Waals surface area (Å²) in [5, 5.41) is 6.12. The molecule has 3 atom stereocenters. The number of esters is 1. The summed E-state index contributed by atoms with van der Waals surface area (Å²) in [5.41, 5.74) is 3.19. The smallest absolute Gasteiger partial charge is 0.328 e. The maximum Gasteiger partial charge on any atom is 0.328 e. The van der Waals surface area contributed by atoms with Crippen molar-refractivity contribution in [3.63, 3.8) is 0 Å². The number of nitrogens with one attached hydrogen (secondary N) is 2. The molecule has 2 N–H and O–H groups in total. The van der Waals surface area contributed by atoms with Crippen molar-refractivity contribution in [3.05, 3.63) is 101 Å². The molecule has 1 spiro atoms. The van der Waals surface area contributed by atoms with Gasteiger partial charge in [-0.25, -0.2) is 4.79 Å². The minimum atomic E-state index is -0.772. The Morgan fingerprint density at radius 1 is 0.790 bits per heavy atom. The van der Waals surface area contributed by atoms with Gasteiger partial charge in [0.05, 0.1) is 13.3 Å². The third-order valence-corrected chi connectivity index (χ3v) is 13.5. The van der Waals surface area contributed by atoms with Crippen molar-refractivity contribution >= 4 is 35.3 Å². The molecule has 3 aromatic rings. The molecule has 62 heavy (non-hydrogen) atoms. The number of likely N-dealkylation sites (N-methyl/N-ethyl adjacent to an activating group) is 1. The van der Waals surface area contributed by atoms with Crippen LogP contribution >= 0.6 is 0 Å². The zero-order valence-electron chi connectivity index (χ0n) is 36.5. The van der Waals surface area contributed by atoms with Crippen molar-refractivity contribution in [1.29, 1.82) is 0 Å². The lowest BCUT2D eigenvalue weighted by Gasteiger charge is -2.44. The molecule has 7 rings (SSSR count). The van der Waals surface area contributed by atoms with E-state index >= 15 is 0 Å². The van der Waals surface area contributed by atoms with Gasteiger partial charge < -0.3 is 39.5 Å². The number of piperidine rings is 1. The molecule has 13 heteroatoms. The topological polar surface area (TPSA) is 147 Å². The van der Waals surface area contributed by atoms with E-state index in [1.54, 1.807) is 23.1 Å².